The molecule has 0 aliphatic carbocycles. The van der Waals surface area contributed by atoms with Crippen LogP contribution in [-0.2, 0) is 20.2 Å². The Hall–Kier alpha value is -1.76. The van der Waals surface area contributed by atoms with Crippen LogP contribution in [0.1, 0.15) is 0 Å². The summed E-state index contributed by atoms with van der Waals surface area (Å²) in [6.45, 7) is 0. The lowest BCUT2D eigenvalue weighted by atomic mass is 11.0. The fourth-order valence-electron chi connectivity index (χ4n) is 0.481. The molecule has 0 fully saturated rings. The Kier molecular flexibility index (Phi) is 11.4. The van der Waals surface area contributed by atoms with E-state index in [2.05, 4.69) is 19.9 Å². The Balaban J connectivity index is 0. The first-order valence-electron chi connectivity index (χ1n) is 4.79. The summed E-state index contributed by atoms with van der Waals surface area (Å²) in [6.07, 6.45) is 12.0. The van der Waals surface area contributed by atoms with Crippen molar-refractivity contribution in [3.05, 3.63) is 37.4 Å². The van der Waals surface area contributed by atoms with E-state index < -0.39 is 20.2 Å². The number of H-pyrrole nitrogens is 4. The minimum atomic E-state index is -3.92. The van der Waals surface area contributed by atoms with Crippen molar-refractivity contribution in [3.8, 4) is 0 Å². The van der Waals surface area contributed by atoms with Crippen LogP contribution < -0.4 is 9.97 Å². The standard InChI is InChI=1S/2C3H4N2.2CH4O3S/c2*1-2-5-3-4-1;2*1-5(2,3)4/h2*1-3H,(H,4,5);2*1H3,(H,2,3,4). The third-order valence-corrected chi connectivity index (χ3v) is 0.885. The topological polar surface area (TPSA) is 174 Å². The first-order valence-corrected chi connectivity index (χ1v) is 8.43. The second-order valence-corrected chi connectivity index (χ2v) is 5.85. The van der Waals surface area contributed by atoms with Gasteiger partial charge in [0.05, 0.1) is 20.2 Å². The van der Waals surface area contributed by atoms with Crippen molar-refractivity contribution >= 4 is 20.2 Å². The monoisotopic (exact) mass is 328 g/mol. The van der Waals surface area contributed by atoms with E-state index >= 15 is 0 Å². The summed E-state index contributed by atoms with van der Waals surface area (Å²) >= 11 is 0. The SMILES string of the molecule is CS(=O)(=O)[O-].CS(=O)(=O)[O-].c1c[nH+]c[nH]1.c1c[nH+]c[nH]1. The van der Waals surface area contributed by atoms with Gasteiger partial charge >= 0.3 is 0 Å². The molecule has 0 atom stereocenters. The highest BCUT2D eigenvalue weighted by atomic mass is 32.2. The van der Waals surface area contributed by atoms with Gasteiger partial charge in [-0.2, -0.15) is 0 Å². The maximum absolute atomic E-state index is 9.08. The van der Waals surface area contributed by atoms with Crippen LogP contribution in [0.2, 0.25) is 0 Å². The predicted molar refractivity (Wildman–Crippen MR) is 65.9 cm³/mol. The highest BCUT2D eigenvalue weighted by molar-refractivity contribution is 7.85. The molecule has 0 spiro atoms. The predicted octanol–water partition coefficient (Wildman–Crippen LogP) is -2.02. The lowest BCUT2D eigenvalue weighted by Gasteiger charge is -1.90. The molecule has 0 aromatic carbocycles. The minimum Gasteiger partial charge on any atom is -0.748 e. The van der Waals surface area contributed by atoms with Crippen molar-refractivity contribution in [2.24, 2.45) is 0 Å². The molecular formula is C8H16N4O6S2. The van der Waals surface area contributed by atoms with Gasteiger partial charge in [0.15, 0.2) is 0 Å². The Labute approximate surface area is 116 Å². The number of rotatable bonds is 0. The van der Waals surface area contributed by atoms with Gasteiger partial charge in [-0.25, -0.2) is 16.8 Å². The van der Waals surface area contributed by atoms with E-state index in [9.17, 15) is 0 Å². The van der Waals surface area contributed by atoms with Crippen LogP contribution in [0.5, 0.6) is 0 Å². The van der Waals surface area contributed by atoms with Crippen LogP contribution in [0.25, 0.3) is 0 Å². The van der Waals surface area contributed by atoms with E-state index in [0.717, 1.165) is 0 Å². The van der Waals surface area contributed by atoms with Crippen LogP contribution >= 0.6 is 0 Å². The summed E-state index contributed by atoms with van der Waals surface area (Å²) in [7, 11) is -7.83. The van der Waals surface area contributed by atoms with Gasteiger partial charge in [0, 0.05) is 12.5 Å². The zero-order chi connectivity index (χ0) is 16.1. The molecule has 20 heavy (non-hydrogen) atoms. The molecule has 2 aromatic rings. The molecule has 0 bridgehead atoms. The first kappa shape index (κ1) is 20.6. The summed E-state index contributed by atoms with van der Waals surface area (Å²) < 4.78 is 54.5. The molecule has 10 nitrogen and oxygen atoms in total. The number of imidazole rings is 2. The molecule has 0 saturated heterocycles. The number of hydrogen-bond donors (Lipinski definition) is 2. The molecule has 0 saturated carbocycles. The van der Waals surface area contributed by atoms with Gasteiger partial charge in [-0.05, 0) is 0 Å². The molecule has 0 unspecified atom stereocenters. The van der Waals surface area contributed by atoms with Crippen molar-refractivity contribution in [1.29, 1.82) is 0 Å². The Morgan fingerprint density at radius 2 is 1.05 bits per heavy atom. The van der Waals surface area contributed by atoms with Gasteiger partial charge in [-0.15, -0.1) is 0 Å². The van der Waals surface area contributed by atoms with Gasteiger partial charge in [0.25, 0.3) is 0 Å². The van der Waals surface area contributed by atoms with E-state index in [1.54, 1.807) is 12.7 Å². The highest BCUT2D eigenvalue weighted by Gasteiger charge is 1.66. The van der Waals surface area contributed by atoms with Crippen molar-refractivity contribution in [2.45, 2.75) is 0 Å². The maximum Gasteiger partial charge on any atom is 0.239 e. The van der Waals surface area contributed by atoms with Crippen LogP contribution in [0.15, 0.2) is 37.4 Å². The fraction of sp³-hybridized carbons (Fsp3) is 0.250. The lowest BCUT2D eigenvalue weighted by Crippen LogP contribution is -1.88. The molecule has 0 aliphatic rings. The third kappa shape index (κ3) is 55.6. The van der Waals surface area contributed by atoms with Crippen LogP contribution in [-0.4, -0.2) is 48.4 Å². The highest BCUT2D eigenvalue weighted by Crippen LogP contribution is 1.60. The van der Waals surface area contributed by atoms with E-state index in [4.69, 9.17) is 25.9 Å². The largest absolute Gasteiger partial charge is 0.748 e. The van der Waals surface area contributed by atoms with Crippen LogP contribution in [0, 0.1) is 0 Å². The Morgan fingerprint density at radius 1 is 0.800 bits per heavy atom. The Morgan fingerprint density at radius 3 is 1.10 bits per heavy atom. The zero-order valence-electron chi connectivity index (χ0n) is 10.7. The van der Waals surface area contributed by atoms with Crippen molar-refractivity contribution in [3.63, 3.8) is 0 Å². The average molecular weight is 328 g/mol. The molecule has 2 rings (SSSR count). The van der Waals surface area contributed by atoms with Gasteiger partial charge in [0.2, 0.25) is 12.7 Å². The number of nitrogens with one attached hydrogen (secondary N) is 4. The van der Waals surface area contributed by atoms with Crippen LogP contribution in [0.3, 0.4) is 0 Å². The summed E-state index contributed by atoms with van der Waals surface area (Å²) in [5, 5.41) is 0. The number of hydrogen-bond acceptors (Lipinski definition) is 6. The van der Waals surface area contributed by atoms with Crippen molar-refractivity contribution < 1.29 is 35.9 Å². The van der Waals surface area contributed by atoms with E-state index in [1.165, 1.54) is 0 Å². The smallest absolute Gasteiger partial charge is 0.239 e. The fourth-order valence-corrected chi connectivity index (χ4v) is 0.481. The molecule has 116 valence electrons. The third-order valence-electron chi connectivity index (χ3n) is 0.885. The lowest BCUT2D eigenvalue weighted by molar-refractivity contribution is -0.376. The molecule has 0 aliphatic heterocycles. The average Bonchev–Trinajstić information content (AvgIpc) is 2.92. The summed E-state index contributed by atoms with van der Waals surface area (Å²) in [6, 6.07) is 0. The molecule has 0 radical (unpaired) electrons. The normalized spacial score (nSPS) is 9.80. The molecule has 4 N–H and O–H groups in total. The van der Waals surface area contributed by atoms with E-state index in [-0.39, 0.29) is 0 Å². The molecule has 2 aromatic heterocycles. The van der Waals surface area contributed by atoms with Gasteiger partial charge in [0.1, 0.15) is 24.8 Å². The molecule has 0 amide bonds. The van der Waals surface area contributed by atoms with Crippen LogP contribution in [0.4, 0.5) is 0 Å². The van der Waals surface area contributed by atoms with Crippen molar-refractivity contribution in [1.82, 2.24) is 9.97 Å². The molecule has 12 heteroatoms. The first-order chi connectivity index (χ1) is 9.00. The quantitative estimate of drug-likeness (QED) is 0.528. The summed E-state index contributed by atoms with van der Waals surface area (Å²) in [5.74, 6) is 0. The summed E-state index contributed by atoms with van der Waals surface area (Å²) in [5.41, 5.74) is 0. The number of aromatic nitrogens is 4. The van der Waals surface area contributed by atoms with Gasteiger partial charge in [-0.3, -0.25) is 19.9 Å². The van der Waals surface area contributed by atoms with E-state index in [1.807, 2.05) is 24.8 Å². The van der Waals surface area contributed by atoms with E-state index in [0.29, 0.717) is 12.5 Å². The second-order valence-electron chi connectivity index (χ2n) is 3.03. The molecular weight excluding hydrogens is 312 g/mol. The maximum atomic E-state index is 9.08. The zero-order valence-corrected chi connectivity index (χ0v) is 12.4. The number of aromatic amines is 4. The summed E-state index contributed by atoms with van der Waals surface area (Å²) in [4.78, 5) is 11.2. The van der Waals surface area contributed by atoms with Crippen molar-refractivity contribution in [2.75, 3.05) is 12.5 Å². The van der Waals surface area contributed by atoms with Gasteiger partial charge in [-0.1, -0.05) is 0 Å². The molecule has 2 heterocycles. The second kappa shape index (κ2) is 11.1. The minimum absolute atomic E-state index is 0.604. The Bertz CT molecular complexity index is 485. The van der Waals surface area contributed by atoms with Gasteiger partial charge < -0.3 is 9.11 Å².